The average Bonchev–Trinajstić information content (AvgIpc) is 2.96. The average molecular weight is 322 g/mol. The number of para-hydroxylation sites is 1. The molecule has 2 heterocycles. The van der Waals surface area contributed by atoms with Gasteiger partial charge >= 0.3 is 0 Å². The molecule has 2 N–H and O–H groups in total. The third-order valence-electron chi connectivity index (χ3n) is 2.94. The third kappa shape index (κ3) is 2.04. The highest BCUT2D eigenvalue weighted by molar-refractivity contribution is 9.11. The molecule has 0 fully saturated rings. The Balaban J connectivity index is 1.97. The number of anilines is 1. The van der Waals surface area contributed by atoms with E-state index < -0.39 is 0 Å². The van der Waals surface area contributed by atoms with Gasteiger partial charge < -0.3 is 10.6 Å². The summed E-state index contributed by atoms with van der Waals surface area (Å²) in [5.74, 6) is 0.593. The van der Waals surface area contributed by atoms with E-state index in [0.29, 0.717) is 12.5 Å². The number of halogens is 1. The highest BCUT2D eigenvalue weighted by Crippen LogP contribution is 2.35. The van der Waals surface area contributed by atoms with Crippen LogP contribution in [0, 0.1) is 0 Å². The van der Waals surface area contributed by atoms with E-state index in [0.717, 1.165) is 9.47 Å². The number of hydrogen-bond donors (Lipinski definition) is 1. The Kier molecular flexibility index (Phi) is 3.09. The second kappa shape index (κ2) is 4.74. The summed E-state index contributed by atoms with van der Waals surface area (Å²) in [7, 11) is 0. The highest BCUT2D eigenvalue weighted by atomic mass is 79.9. The van der Waals surface area contributed by atoms with Crippen LogP contribution in [0.15, 0.2) is 51.2 Å². The van der Waals surface area contributed by atoms with Crippen LogP contribution in [0.3, 0.4) is 0 Å². The minimum Gasteiger partial charge on any atom is -0.369 e. The zero-order valence-electron chi connectivity index (χ0n) is 9.58. The molecule has 0 amide bonds. The first-order chi connectivity index (χ1) is 8.75. The Morgan fingerprint density at radius 1 is 1.22 bits per heavy atom. The molecule has 0 saturated carbocycles. The second-order valence-electron chi connectivity index (χ2n) is 4.06. The molecule has 1 aliphatic heterocycles. The molecule has 1 aromatic carbocycles. The van der Waals surface area contributed by atoms with Crippen molar-refractivity contribution in [3.05, 3.63) is 51.1 Å². The highest BCUT2D eigenvalue weighted by Gasteiger charge is 2.29. The summed E-state index contributed by atoms with van der Waals surface area (Å²) in [5, 5.41) is 0. The van der Waals surface area contributed by atoms with Gasteiger partial charge in [0.25, 0.3) is 0 Å². The molecule has 1 unspecified atom stereocenters. The van der Waals surface area contributed by atoms with Crippen molar-refractivity contribution < 1.29 is 0 Å². The summed E-state index contributed by atoms with van der Waals surface area (Å²) in [4.78, 5) is 7.74. The van der Waals surface area contributed by atoms with Gasteiger partial charge in [-0.3, -0.25) is 4.99 Å². The van der Waals surface area contributed by atoms with Gasteiger partial charge in [-0.25, -0.2) is 0 Å². The van der Waals surface area contributed by atoms with E-state index in [1.165, 1.54) is 4.88 Å². The molecule has 0 aliphatic carbocycles. The van der Waals surface area contributed by atoms with Crippen molar-refractivity contribution >= 4 is 38.9 Å². The van der Waals surface area contributed by atoms with Crippen LogP contribution in [0.25, 0.3) is 0 Å². The van der Waals surface area contributed by atoms with Gasteiger partial charge in [-0.2, -0.15) is 0 Å². The van der Waals surface area contributed by atoms with E-state index in [4.69, 9.17) is 5.73 Å². The van der Waals surface area contributed by atoms with Crippen molar-refractivity contribution in [2.45, 2.75) is 6.04 Å². The van der Waals surface area contributed by atoms with Crippen LogP contribution in [0.2, 0.25) is 0 Å². The fraction of sp³-hybridized carbons (Fsp3) is 0.154. The second-order valence-corrected chi connectivity index (χ2v) is 6.56. The fourth-order valence-corrected chi connectivity index (χ4v) is 3.63. The molecule has 2 aromatic rings. The van der Waals surface area contributed by atoms with Gasteiger partial charge in [0, 0.05) is 10.6 Å². The Bertz CT molecular complexity index is 579. The molecule has 18 heavy (non-hydrogen) atoms. The summed E-state index contributed by atoms with van der Waals surface area (Å²) in [6.07, 6.45) is 0. The largest absolute Gasteiger partial charge is 0.369 e. The summed E-state index contributed by atoms with van der Waals surface area (Å²) >= 11 is 5.23. The van der Waals surface area contributed by atoms with Crippen LogP contribution in [-0.2, 0) is 0 Å². The van der Waals surface area contributed by atoms with Crippen LogP contribution in [-0.4, -0.2) is 12.5 Å². The molecule has 0 spiro atoms. The molecular weight excluding hydrogens is 310 g/mol. The molecule has 0 radical (unpaired) electrons. The molecule has 92 valence electrons. The summed E-state index contributed by atoms with van der Waals surface area (Å²) in [5.41, 5.74) is 7.10. The van der Waals surface area contributed by atoms with Gasteiger partial charge in [0.05, 0.1) is 16.4 Å². The molecule has 0 saturated heterocycles. The standard InChI is InChI=1S/C13H12BrN3S/c14-12-7-6-11(18-12)10-8-16-13(15)17(10)9-4-2-1-3-5-9/h1-7,10H,8H2,(H2,15,16). The predicted molar refractivity (Wildman–Crippen MR) is 80.2 cm³/mol. The molecule has 5 heteroatoms. The van der Waals surface area contributed by atoms with Crippen molar-refractivity contribution in [2.75, 3.05) is 11.4 Å². The van der Waals surface area contributed by atoms with Crippen molar-refractivity contribution in [2.24, 2.45) is 10.7 Å². The number of thiophene rings is 1. The lowest BCUT2D eigenvalue weighted by atomic mass is 10.2. The van der Waals surface area contributed by atoms with Crippen LogP contribution in [0.5, 0.6) is 0 Å². The lowest BCUT2D eigenvalue weighted by Gasteiger charge is -2.25. The zero-order valence-corrected chi connectivity index (χ0v) is 12.0. The van der Waals surface area contributed by atoms with E-state index in [1.54, 1.807) is 11.3 Å². The quantitative estimate of drug-likeness (QED) is 0.921. The van der Waals surface area contributed by atoms with Crippen molar-refractivity contribution in [3.63, 3.8) is 0 Å². The number of aliphatic imine (C=N–C) groups is 1. The number of nitrogens with zero attached hydrogens (tertiary/aromatic N) is 2. The molecule has 3 rings (SSSR count). The fourth-order valence-electron chi connectivity index (χ4n) is 2.12. The first-order valence-electron chi connectivity index (χ1n) is 5.65. The molecule has 0 bridgehead atoms. The van der Waals surface area contributed by atoms with Crippen LogP contribution in [0.4, 0.5) is 5.69 Å². The Hall–Kier alpha value is -1.33. The van der Waals surface area contributed by atoms with Crippen molar-refractivity contribution in [1.82, 2.24) is 0 Å². The van der Waals surface area contributed by atoms with E-state index >= 15 is 0 Å². The van der Waals surface area contributed by atoms with Crippen molar-refractivity contribution in [3.8, 4) is 0 Å². The molecule has 3 nitrogen and oxygen atoms in total. The van der Waals surface area contributed by atoms with Gasteiger partial charge in [-0.1, -0.05) is 18.2 Å². The smallest absolute Gasteiger partial charge is 0.196 e. The topological polar surface area (TPSA) is 41.6 Å². The van der Waals surface area contributed by atoms with Crippen LogP contribution in [0.1, 0.15) is 10.9 Å². The van der Waals surface area contributed by atoms with E-state index in [1.807, 2.05) is 18.2 Å². The number of rotatable bonds is 2. The maximum Gasteiger partial charge on any atom is 0.196 e. The summed E-state index contributed by atoms with van der Waals surface area (Å²) in [6, 6.07) is 14.6. The maximum atomic E-state index is 6.01. The van der Waals surface area contributed by atoms with Gasteiger partial charge in [-0.05, 0) is 40.2 Å². The molecule has 1 aromatic heterocycles. The van der Waals surface area contributed by atoms with Crippen LogP contribution >= 0.6 is 27.3 Å². The van der Waals surface area contributed by atoms with Crippen molar-refractivity contribution in [1.29, 1.82) is 0 Å². The van der Waals surface area contributed by atoms with Crippen LogP contribution < -0.4 is 10.6 Å². The van der Waals surface area contributed by atoms with E-state index in [-0.39, 0.29) is 6.04 Å². The van der Waals surface area contributed by atoms with E-state index in [9.17, 15) is 0 Å². The number of benzene rings is 1. The normalized spacial score (nSPS) is 19.1. The minimum absolute atomic E-state index is 0.212. The first-order valence-corrected chi connectivity index (χ1v) is 7.26. The lowest BCUT2D eigenvalue weighted by molar-refractivity contribution is 0.785. The number of hydrogen-bond acceptors (Lipinski definition) is 4. The maximum absolute atomic E-state index is 6.01. The monoisotopic (exact) mass is 321 g/mol. The zero-order chi connectivity index (χ0) is 12.5. The third-order valence-corrected chi connectivity index (χ3v) is 4.67. The Labute approximate surface area is 118 Å². The van der Waals surface area contributed by atoms with Gasteiger partial charge in [0.15, 0.2) is 5.96 Å². The molecule has 1 aliphatic rings. The minimum atomic E-state index is 0.212. The summed E-state index contributed by atoms with van der Waals surface area (Å²) in [6.45, 7) is 0.716. The van der Waals surface area contributed by atoms with Gasteiger partial charge in [0.2, 0.25) is 0 Å². The van der Waals surface area contributed by atoms with Gasteiger partial charge in [0.1, 0.15) is 0 Å². The molecule has 1 atom stereocenters. The first kappa shape index (κ1) is 11.7. The predicted octanol–water partition coefficient (Wildman–Crippen LogP) is 3.39. The van der Waals surface area contributed by atoms with E-state index in [2.05, 4.69) is 50.1 Å². The Morgan fingerprint density at radius 2 is 2.00 bits per heavy atom. The van der Waals surface area contributed by atoms with Gasteiger partial charge in [-0.15, -0.1) is 11.3 Å². The lowest BCUT2D eigenvalue weighted by Crippen LogP contribution is -2.35. The molecular formula is C13H12BrN3S. The summed E-state index contributed by atoms with van der Waals surface area (Å²) < 4.78 is 1.14. The SMILES string of the molecule is NC1=NCC(c2ccc(Br)s2)N1c1ccccc1. The number of nitrogens with two attached hydrogens (primary N) is 1. The number of guanidine groups is 1. The Morgan fingerprint density at radius 3 is 2.67 bits per heavy atom.